The molecule has 0 spiro atoms. The molecule has 0 saturated heterocycles. The van der Waals surface area contributed by atoms with Crippen LogP contribution in [0.15, 0.2) is 29.1 Å². The lowest BCUT2D eigenvalue weighted by atomic mass is 9.76. The zero-order valence-electron chi connectivity index (χ0n) is 12.3. The fourth-order valence-corrected chi connectivity index (χ4v) is 3.91. The van der Waals surface area contributed by atoms with Crippen LogP contribution in [-0.2, 0) is 12.8 Å². The summed E-state index contributed by atoms with van der Waals surface area (Å²) in [6.07, 6.45) is 4.79. The van der Waals surface area contributed by atoms with Crippen molar-refractivity contribution in [2.24, 2.45) is 5.41 Å². The van der Waals surface area contributed by atoms with Gasteiger partial charge in [-0.2, -0.15) is 11.3 Å². The van der Waals surface area contributed by atoms with E-state index in [2.05, 4.69) is 48.4 Å². The Morgan fingerprint density at radius 2 is 2.15 bits per heavy atom. The number of carbonyl (C=O) groups excluding carboxylic acids is 1. The average molecular weight is 287 g/mol. The van der Waals surface area contributed by atoms with Crippen LogP contribution in [0, 0.1) is 5.41 Å². The Morgan fingerprint density at radius 1 is 1.35 bits per heavy atom. The van der Waals surface area contributed by atoms with Gasteiger partial charge >= 0.3 is 0 Å². The second-order valence-electron chi connectivity index (χ2n) is 6.71. The lowest BCUT2D eigenvalue weighted by Crippen LogP contribution is -2.28. The Hall–Kier alpha value is -1.35. The molecule has 1 atom stereocenters. The van der Waals surface area contributed by atoms with E-state index in [4.69, 9.17) is 0 Å². The number of carbonyl (C=O) groups is 1. The van der Waals surface area contributed by atoms with Gasteiger partial charge in [0.2, 0.25) is 0 Å². The van der Waals surface area contributed by atoms with Crippen molar-refractivity contribution in [3.63, 3.8) is 0 Å². The monoisotopic (exact) mass is 287 g/mol. The number of thiophene rings is 1. The van der Waals surface area contributed by atoms with Crippen LogP contribution in [0.5, 0.6) is 0 Å². The Kier molecular flexibility index (Phi) is 3.33. The van der Waals surface area contributed by atoms with E-state index in [9.17, 15) is 4.79 Å². The van der Waals surface area contributed by atoms with Crippen molar-refractivity contribution in [2.45, 2.75) is 46.1 Å². The molecule has 1 unspecified atom stereocenters. The number of fused-ring (bicyclic) bond motifs is 1. The third kappa shape index (κ3) is 2.47. The number of nitrogens with zero attached hydrogens (tertiary/aromatic N) is 1. The van der Waals surface area contributed by atoms with Gasteiger partial charge in [0, 0.05) is 29.9 Å². The van der Waals surface area contributed by atoms with Gasteiger partial charge in [0.1, 0.15) is 0 Å². The second kappa shape index (κ2) is 4.88. The van der Waals surface area contributed by atoms with E-state index in [-0.39, 0.29) is 5.41 Å². The minimum Gasteiger partial charge on any atom is -0.348 e. The zero-order valence-corrected chi connectivity index (χ0v) is 13.2. The predicted octanol–water partition coefficient (Wildman–Crippen LogP) is 4.51. The highest BCUT2D eigenvalue weighted by Crippen LogP contribution is 2.36. The molecule has 0 saturated carbocycles. The smallest absolute Gasteiger partial charge is 0.165 e. The summed E-state index contributed by atoms with van der Waals surface area (Å²) in [5.41, 5.74) is 3.64. The van der Waals surface area contributed by atoms with Gasteiger partial charge in [0.05, 0.1) is 0 Å². The molecule has 2 nitrogen and oxygen atoms in total. The van der Waals surface area contributed by atoms with E-state index < -0.39 is 0 Å². The van der Waals surface area contributed by atoms with Gasteiger partial charge in [-0.1, -0.05) is 13.8 Å². The minimum absolute atomic E-state index is 0.0856. The van der Waals surface area contributed by atoms with E-state index in [1.165, 1.54) is 11.3 Å². The second-order valence-corrected chi connectivity index (χ2v) is 7.49. The Bertz CT molecular complexity index is 621. The van der Waals surface area contributed by atoms with E-state index in [1.807, 2.05) is 6.07 Å². The average Bonchev–Trinajstić information content (AvgIpc) is 2.96. The van der Waals surface area contributed by atoms with Crippen molar-refractivity contribution in [1.82, 2.24) is 4.57 Å². The maximum atomic E-state index is 12.2. The van der Waals surface area contributed by atoms with Crippen LogP contribution in [0.1, 0.15) is 54.8 Å². The molecule has 0 radical (unpaired) electrons. The van der Waals surface area contributed by atoms with Gasteiger partial charge < -0.3 is 4.57 Å². The number of hydrogen-bond acceptors (Lipinski definition) is 2. The predicted molar refractivity (Wildman–Crippen MR) is 83.6 cm³/mol. The van der Waals surface area contributed by atoms with Crippen LogP contribution in [0.25, 0.3) is 0 Å². The molecule has 2 heterocycles. The molecule has 3 heteroatoms. The van der Waals surface area contributed by atoms with Crippen LogP contribution in [-0.4, -0.2) is 10.4 Å². The maximum absolute atomic E-state index is 12.2. The van der Waals surface area contributed by atoms with Gasteiger partial charge in [0.15, 0.2) is 5.78 Å². The van der Waals surface area contributed by atoms with E-state index in [1.54, 1.807) is 11.3 Å². The Balaban J connectivity index is 1.90. The summed E-state index contributed by atoms with van der Waals surface area (Å²) in [6.45, 7) is 6.62. The van der Waals surface area contributed by atoms with Crippen molar-refractivity contribution >= 4 is 17.1 Å². The van der Waals surface area contributed by atoms with Crippen molar-refractivity contribution in [2.75, 3.05) is 0 Å². The largest absolute Gasteiger partial charge is 0.348 e. The normalized spacial score (nSPS) is 18.9. The molecular formula is C17H21NOS. The van der Waals surface area contributed by atoms with Gasteiger partial charge in [-0.15, -0.1) is 0 Å². The first-order valence-electron chi connectivity index (χ1n) is 7.20. The number of hydrogen-bond donors (Lipinski definition) is 0. The van der Waals surface area contributed by atoms with Crippen LogP contribution < -0.4 is 0 Å². The molecule has 0 fully saturated rings. The van der Waals surface area contributed by atoms with E-state index in [0.29, 0.717) is 18.2 Å². The highest BCUT2D eigenvalue weighted by molar-refractivity contribution is 7.07. The molecule has 3 rings (SSSR count). The SMILES string of the molecule is CC(Cc1ccsc1)n1ccc2c1CC(C)(C)CC2=O. The standard InChI is InChI=1S/C17H21NOS/c1-12(8-13-5-7-20-11-13)18-6-4-14-15(18)9-17(2,3)10-16(14)19/h4-7,11-12H,8-10H2,1-3H3. The molecule has 0 amide bonds. The maximum Gasteiger partial charge on any atom is 0.165 e. The summed E-state index contributed by atoms with van der Waals surface area (Å²) in [5.74, 6) is 0.303. The Labute approximate surface area is 124 Å². The first-order chi connectivity index (χ1) is 9.46. The minimum atomic E-state index is 0.0856. The van der Waals surface area contributed by atoms with Crippen LogP contribution >= 0.6 is 11.3 Å². The van der Waals surface area contributed by atoms with Gasteiger partial charge in [0.25, 0.3) is 0 Å². The zero-order chi connectivity index (χ0) is 14.3. The molecule has 0 aliphatic heterocycles. The van der Waals surface area contributed by atoms with E-state index in [0.717, 1.165) is 18.4 Å². The topological polar surface area (TPSA) is 22.0 Å². The number of aromatic nitrogens is 1. The fourth-order valence-electron chi connectivity index (χ4n) is 3.23. The quantitative estimate of drug-likeness (QED) is 0.814. The summed E-state index contributed by atoms with van der Waals surface area (Å²) in [4.78, 5) is 12.2. The summed E-state index contributed by atoms with van der Waals surface area (Å²) >= 11 is 1.74. The van der Waals surface area contributed by atoms with Crippen molar-refractivity contribution in [3.05, 3.63) is 45.9 Å². The molecule has 0 N–H and O–H groups in total. The van der Waals surface area contributed by atoms with Crippen molar-refractivity contribution in [1.29, 1.82) is 0 Å². The first kappa shape index (κ1) is 13.6. The van der Waals surface area contributed by atoms with E-state index >= 15 is 0 Å². The van der Waals surface area contributed by atoms with Crippen LogP contribution in [0.3, 0.4) is 0 Å². The summed E-state index contributed by atoms with van der Waals surface area (Å²) in [5, 5.41) is 4.33. The third-order valence-corrected chi connectivity index (χ3v) is 4.93. The van der Waals surface area contributed by atoms with Gasteiger partial charge in [-0.3, -0.25) is 4.79 Å². The summed E-state index contributed by atoms with van der Waals surface area (Å²) < 4.78 is 2.31. The number of rotatable bonds is 3. The van der Waals surface area contributed by atoms with Crippen molar-refractivity contribution in [3.8, 4) is 0 Å². The lowest BCUT2D eigenvalue weighted by molar-refractivity contribution is 0.0909. The van der Waals surface area contributed by atoms with Crippen molar-refractivity contribution < 1.29 is 4.79 Å². The fraction of sp³-hybridized carbons (Fsp3) is 0.471. The highest BCUT2D eigenvalue weighted by Gasteiger charge is 2.33. The molecule has 0 bridgehead atoms. The summed E-state index contributed by atoms with van der Waals surface area (Å²) in [6, 6.07) is 4.60. The molecule has 106 valence electrons. The molecule has 0 aromatic carbocycles. The van der Waals surface area contributed by atoms with Crippen LogP contribution in [0.2, 0.25) is 0 Å². The molecule has 2 aromatic rings. The first-order valence-corrected chi connectivity index (χ1v) is 8.14. The molecule has 1 aliphatic rings. The molecule has 20 heavy (non-hydrogen) atoms. The third-order valence-electron chi connectivity index (χ3n) is 4.20. The molecule has 2 aromatic heterocycles. The van der Waals surface area contributed by atoms with Gasteiger partial charge in [-0.05, 0) is 53.6 Å². The lowest BCUT2D eigenvalue weighted by Gasteiger charge is -2.31. The van der Waals surface area contributed by atoms with Gasteiger partial charge in [-0.25, -0.2) is 0 Å². The molecule has 1 aliphatic carbocycles. The Morgan fingerprint density at radius 3 is 2.85 bits per heavy atom. The highest BCUT2D eigenvalue weighted by atomic mass is 32.1. The van der Waals surface area contributed by atoms with Crippen LogP contribution in [0.4, 0.5) is 0 Å². The molecular weight excluding hydrogens is 266 g/mol. The number of Topliss-reactive ketones (excluding diaryl/α,β-unsaturated/α-hetero) is 1. The number of ketones is 1. The summed E-state index contributed by atoms with van der Waals surface area (Å²) in [7, 11) is 0.